The zero-order valence-corrected chi connectivity index (χ0v) is 10.7. The minimum Gasteiger partial charge on any atom is -0.326 e. The van der Waals surface area contributed by atoms with Gasteiger partial charge in [0.1, 0.15) is 0 Å². The molecule has 1 aliphatic rings. The number of nitrogens with one attached hydrogen (secondary N) is 1. The van der Waals surface area contributed by atoms with E-state index in [9.17, 15) is 8.42 Å². The van der Waals surface area contributed by atoms with Crippen molar-refractivity contribution in [2.45, 2.75) is 37.6 Å². The van der Waals surface area contributed by atoms with Crippen LogP contribution in [0.5, 0.6) is 0 Å². The molecule has 1 fully saturated rings. The monoisotopic (exact) mass is 254 g/mol. The molecule has 1 aromatic rings. The quantitative estimate of drug-likeness (QED) is 0.831. The normalized spacial score (nSPS) is 18.0. The van der Waals surface area contributed by atoms with Gasteiger partial charge in [-0.1, -0.05) is 24.3 Å². The Kier molecular flexibility index (Phi) is 3.51. The Morgan fingerprint density at radius 3 is 2.41 bits per heavy atom. The lowest BCUT2D eigenvalue weighted by molar-refractivity contribution is 0.565. The van der Waals surface area contributed by atoms with E-state index < -0.39 is 10.0 Å². The zero-order chi connectivity index (χ0) is 12.5. The summed E-state index contributed by atoms with van der Waals surface area (Å²) in [5, 5.41) is -0.173. The third-order valence-corrected chi connectivity index (χ3v) is 5.05. The molecule has 1 saturated carbocycles. The number of hydrogen-bond donors (Lipinski definition) is 2. The van der Waals surface area contributed by atoms with Crippen molar-refractivity contribution < 1.29 is 8.42 Å². The molecule has 94 valence electrons. The molecule has 0 aromatic heterocycles. The molecule has 0 spiro atoms. The fourth-order valence-corrected chi connectivity index (χ4v) is 3.31. The second kappa shape index (κ2) is 4.76. The fourth-order valence-electron chi connectivity index (χ4n) is 1.73. The molecule has 3 N–H and O–H groups in total. The molecular weight excluding hydrogens is 236 g/mol. The first kappa shape index (κ1) is 12.5. The minimum absolute atomic E-state index is 0.173. The lowest BCUT2D eigenvalue weighted by Gasteiger charge is -2.14. The summed E-state index contributed by atoms with van der Waals surface area (Å²) in [4.78, 5) is 0. The van der Waals surface area contributed by atoms with Crippen LogP contribution in [0, 0.1) is 0 Å². The summed E-state index contributed by atoms with van der Waals surface area (Å²) in [7, 11) is -3.12. The molecule has 1 aliphatic carbocycles. The van der Waals surface area contributed by atoms with Crippen LogP contribution in [-0.4, -0.2) is 13.7 Å². The van der Waals surface area contributed by atoms with Crippen molar-refractivity contribution in [3.8, 4) is 0 Å². The number of nitrogens with two attached hydrogens (primary N) is 1. The van der Waals surface area contributed by atoms with E-state index in [-0.39, 0.29) is 11.3 Å². The van der Waals surface area contributed by atoms with Gasteiger partial charge in [-0.05, 0) is 30.9 Å². The maximum atomic E-state index is 11.8. The summed E-state index contributed by atoms with van der Waals surface area (Å²) in [6.45, 7) is 2.36. The first-order valence-electron chi connectivity index (χ1n) is 5.83. The molecule has 4 nitrogen and oxygen atoms in total. The van der Waals surface area contributed by atoms with Crippen molar-refractivity contribution in [1.82, 2.24) is 4.72 Å². The molecule has 0 heterocycles. The molecule has 0 bridgehead atoms. The van der Waals surface area contributed by atoms with Crippen LogP contribution in [-0.2, 0) is 16.6 Å². The van der Waals surface area contributed by atoms with Crippen molar-refractivity contribution in [2.24, 2.45) is 5.73 Å². The van der Waals surface area contributed by atoms with Crippen molar-refractivity contribution in [1.29, 1.82) is 0 Å². The van der Waals surface area contributed by atoms with Crippen LogP contribution in [0.4, 0.5) is 0 Å². The van der Waals surface area contributed by atoms with Crippen LogP contribution in [0.1, 0.15) is 36.9 Å². The molecular formula is C12H18N2O2S. The predicted octanol–water partition coefficient (Wildman–Crippen LogP) is 1.29. The van der Waals surface area contributed by atoms with E-state index in [1.54, 1.807) is 0 Å². The number of hydrogen-bond acceptors (Lipinski definition) is 3. The van der Waals surface area contributed by atoms with Crippen molar-refractivity contribution in [3.05, 3.63) is 35.4 Å². The highest BCUT2D eigenvalue weighted by Gasteiger charge is 2.36. The predicted molar refractivity (Wildman–Crippen MR) is 67.8 cm³/mol. The van der Waals surface area contributed by atoms with Crippen molar-refractivity contribution >= 4 is 10.0 Å². The maximum Gasteiger partial charge on any atom is 0.215 e. The Bertz CT molecular complexity index is 478. The molecule has 0 amide bonds. The molecule has 1 aromatic carbocycles. The zero-order valence-electron chi connectivity index (χ0n) is 9.89. The first-order valence-corrected chi connectivity index (χ1v) is 7.37. The van der Waals surface area contributed by atoms with Crippen molar-refractivity contribution in [2.75, 3.05) is 0 Å². The number of sulfonamides is 1. The molecule has 1 unspecified atom stereocenters. The van der Waals surface area contributed by atoms with Crippen LogP contribution in [0.25, 0.3) is 0 Å². The summed E-state index contributed by atoms with van der Waals surface area (Å²) in [5.41, 5.74) is 7.53. The van der Waals surface area contributed by atoms with E-state index in [0.29, 0.717) is 6.54 Å². The molecule has 5 heteroatoms. The topological polar surface area (TPSA) is 72.2 Å². The standard InChI is InChI=1S/C12H18N2O2S/c1-9(14-17(15,16)12-6-7-12)11-4-2-10(8-13)3-5-11/h2-5,9,12,14H,6-8,13H2,1H3. The van der Waals surface area contributed by atoms with Gasteiger partial charge in [-0.3, -0.25) is 0 Å². The summed E-state index contributed by atoms with van der Waals surface area (Å²) < 4.78 is 26.3. The van der Waals surface area contributed by atoms with Crippen LogP contribution < -0.4 is 10.5 Å². The summed E-state index contributed by atoms with van der Waals surface area (Å²) >= 11 is 0. The highest BCUT2D eigenvalue weighted by molar-refractivity contribution is 7.90. The Morgan fingerprint density at radius 2 is 1.94 bits per heavy atom. The van der Waals surface area contributed by atoms with Gasteiger partial charge < -0.3 is 5.73 Å². The van der Waals surface area contributed by atoms with E-state index in [2.05, 4.69) is 4.72 Å². The second-order valence-electron chi connectivity index (χ2n) is 4.53. The van der Waals surface area contributed by atoms with Gasteiger partial charge in [0.2, 0.25) is 10.0 Å². The van der Waals surface area contributed by atoms with Gasteiger partial charge in [-0.15, -0.1) is 0 Å². The van der Waals surface area contributed by atoms with Crippen LogP contribution in [0.15, 0.2) is 24.3 Å². The van der Waals surface area contributed by atoms with Crippen molar-refractivity contribution in [3.63, 3.8) is 0 Å². The lowest BCUT2D eigenvalue weighted by Crippen LogP contribution is -2.29. The Labute approximate surface area is 102 Å². The highest BCUT2D eigenvalue weighted by atomic mass is 32.2. The third-order valence-electron chi connectivity index (χ3n) is 3.02. The summed E-state index contributed by atoms with van der Waals surface area (Å²) in [6, 6.07) is 7.51. The van der Waals surface area contributed by atoms with Gasteiger partial charge in [-0.2, -0.15) is 0 Å². The van der Waals surface area contributed by atoms with Crippen LogP contribution in [0.3, 0.4) is 0 Å². The number of rotatable bonds is 5. The molecule has 17 heavy (non-hydrogen) atoms. The first-order chi connectivity index (χ1) is 8.03. The average molecular weight is 254 g/mol. The largest absolute Gasteiger partial charge is 0.326 e. The molecule has 0 saturated heterocycles. The Balaban J connectivity index is 2.06. The van der Waals surface area contributed by atoms with Gasteiger partial charge in [0.15, 0.2) is 0 Å². The number of benzene rings is 1. The SMILES string of the molecule is CC(NS(=O)(=O)C1CC1)c1ccc(CN)cc1. The van der Waals surface area contributed by atoms with E-state index in [0.717, 1.165) is 24.0 Å². The molecule has 2 rings (SSSR count). The molecule has 0 aliphatic heterocycles. The summed E-state index contributed by atoms with van der Waals surface area (Å²) in [5.74, 6) is 0. The van der Waals surface area contributed by atoms with Gasteiger partial charge in [0.25, 0.3) is 0 Å². The third kappa shape index (κ3) is 3.06. The summed E-state index contributed by atoms with van der Waals surface area (Å²) in [6.07, 6.45) is 1.57. The fraction of sp³-hybridized carbons (Fsp3) is 0.500. The van der Waals surface area contributed by atoms with E-state index in [1.165, 1.54) is 0 Å². The Hall–Kier alpha value is -0.910. The maximum absolute atomic E-state index is 11.8. The second-order valence-corrected chi connectivity index (χ2v) is 6.52. The smallest absolute Gasteiger partial charge is 0.215 e. The highest BCUT2D eigenvalue weighted by Crippen LogP contribution is 2.29. The lowest BCUT2D eigenvalue weighted by atomic mass is 10.1. The van der Waals surface area contributed by atoms with Crippen LogP contribution >= 0.6 is 0 Å². The van der Waals surface area contributed by atoms with E-state index in [4.69, 9.17) is 5.73 Å². The average Bonchev–Trinajstić information content (AvgIpc) is 3.12. The van der Waals surface area contributed by atoms with Crippen LogP contribution in [0.2, 0.25) is 0 Å². The molecule has 1 atom stereocenters. The van der Waals surface area contributed by atoms with Gasteiger partial charge >= 0.3 is 0 Å². The van der Waals surface area contributed by atoms with Gasteiger partial charge in [-0.25, -0.2) is 13.1 Å². The Morgan fingerprint density at radius 1 is 1.35 bits per heavy atom. The van der Waals surface area contributed by atoms with Gasteiger partial charge in [0, 0.05) is 12.6 Å². The van der Waals surface area contributed by atoms with E-state index >= 15 is 0 Å². The van der Waals surface area contributed by atoms with E-state index in [1.807, 2.05) is 31.2 Å². The minimum atomic E-state index is -3.12. The van der Waals surface area contributed by atoms with Gasteiger partial charge in [0.05, 0.1) is 5.25 Å². The molecule has 0 radical (unpaired) electrons.